The van der Waals surface area contributed by atoms with Crippen LogP contribution >= 0.6 is 23.4 Å². The number of nitrogens with one attached hydrogen (secondary N) is 1. The first-order valence-electron chi connectivity index (χ1n) is 10.9. The first-order valence-corrected chi connectivity index (χ1v) is 12.1. The summed E-state index contributed by atoms with van der Waals surface area (Å²) >= 11 is 7.27. The number of nitrogens with zero attached hydrogens (tertiary/aromatic N) is 1. The molecule has 4 rings (SSSR count). The summed E-state index contributed by atoms with van der Waals surface area (Å²) in [4.78, 5) is 17.8. The van der Waals surface area contributed by atoms with Crippen LogP contribution in [-0.4, -0.2) is 17.7 Å². The number of carbonyl (C=O) groups is 1. The molecule has 3 aromatic rings. The monoisotopic (exact) mass is 492 g/mol. The third-order valence-electron chi connectivity index (χ3n) is 5.11. The molecule has 1 aliphatic rings. The molecular weight excluding hydrogens is 468 g/mol. The van der Waals surface area contributed by atoms with Crippen LogP contribution in [-0.2, 0) is 11.4 Å². The van der Waals surface area contributed by atoms with E-state index in [0.29, 0.717) is 39.8 Å². The fraction of sp³-hybridized carbons (Fsp3) is 0.185. The van der Waals surface area contributed by atoms with Crippen molar-refractivity contribution in [2.45, 2.75) is 27.4 Å². The maximum atomic E-state index is 12.5. The number of benzene rings is 3. The summed E-state index contributed by atoms with van der Waals surface area (Å²) in [6.07, 6.45) is 1.83. The predicted molar refractivity (Wildman–Crippen MR) is 140 cm³/mol. The molecule has 0 radical (unpaired) electrons. The quantitative estimate of drug-likeness (QED) is 0.367. The zero-order chi connectivity index (χ0) is 24.1. The molecule has 0 aromatic heterocycles. The molecule has 0 bridgehead atoms. The highest BCUT2D eigenvalue weighted by Gasteiger charge is 2.24. The van der Waals surface area contributed by atoms with Crippen molar-refractivity contribution in [2.24, 2.45) is 4.99 Å². The lowest BCUT2D eigenvalue weighted by atomic mass is 10.1. The number of thioether (sulfide) groups is 1. The minimum atomic E-state index is -0.171. The SMILES string of the molecule is CCOc1cc(/C=C2\SC(=Nc3cc(C)ccc3C)NC2=O)ccc1OCc1ccc(Cl)cc1. The molecule has 5 nitrogen and oxygen atoms in total. The maximum absolute atomic E-state index is 12.5. The largest absolute Gasteiger partial charge is 0.490 e. The summed E-state index contributed by atoms with van der Waals surface area (Å²) < 4.78 is 11.8. The lowest BCUT2D eigenvalue weighted by Gasteiger charge is -2.13. The number of hydrogen-bond acceptors (Lipinski definition) is 5. The Hall–Kier alpha value is -3.22. The molecule has 1 amide bonds. The highest BCUT2D eigenvalue weighted by atomic mass is 35.5. The molecule has 0 aliphatic carbocycles. The van der Waals surface area contributed by atoms with E-state index in [0.717, 1.165) is 27.9 Å². The topological polar surface area (TPSA) is 59.9 Å². The summed E-state index contributed by atoms with van der Waals surface area (Å²) in [5.41, 5.74) is 4.88. The van der Waals surface area contributed by atoms with Gasteiger partial charge in [0.15, 0.2) is 16.7 Å². The number of amidine groups is 1. The number of carbonyl (C=O) groups excluding carboxylic acids is 1. The van der Waals surface area contributed by atoms with Gasteiger partial charge in [0.1, 0.15) is 6.61 Å². The average molecular weight is 493 g/mol. The van der Waals surface area contributed by atoms with E-state index >= 15 is 0 Å². The van der Waals surface area contributed by atoms with E-state index in [1.807, 2.05) is 87.5 Å². The van der Waals surface area contributed by atoms with Crippen LogP contribution in [0.15, 0.2) is 70.6 Å². The van der Waals surface area contributed by atoms with E-state index in [2.05, 4.69) is 10.3 Å². The first kappa shape index (κ1) is 23.9. The number of ether oxygens (including phenoxy) is 2. The van der Waals surface area contributed by atoms with Gasteiger partial charge in [0, 0.05) is 5.02 Å². The molecule has 7 heteroatoms. The van der Waals surface area contributed by atoms with Crippen LogP contribution in [0.5, 0.6) is 11.5 Å². The number of aliphatic imine (C=N–C) groups is 1. The van der Waals surface area contributed by atoms with Gasteiger partial charge in [0.05, 0.1) is 17.2 Å². The molecule has 1 N–H and O–H groups in total. The summed E-state index contributed by atoms with van der Waals surface area (Å²) in [6, 6.07) is 19.2. The minimum Gasteiger partial charge on any atom is -0.490 e. The number of hydrogen-bond donors (Lipinski definition) is 1. The lowest BCUT2D eigenvalue weighted by Crippen LogP contribution is -2.19. The van der Waals surface area contributed by atoms with Gasteiger partial charge in [-0.05, 0) is 91.2 Å². The molecule has 1 aliphatic heterocycles. The van der Waals surface area contributed by atoms with Crippen LogP contribution < -0.4 is 14.8 Å². The Morgan fingerprint density at radius 3 is 2.56 bits per heavy atom. The molecule has 174 valence electrons. The lowest BCUT2D eigenvalue weighted by molar-refractivity contribution is -0.115. The molecule has 34 heavy (non-hydrogen) atoms. The molecular formula is C27H25ClN2O3S. The second-order valence-corrected chi connectivity index (χ2v) is 9.29. The Morgan fingerprint density at radius 1 is 1.00 bits per heavy atom. The predicted octanol–water partition coefficient (Wildman–Crippen LogP) is 6.83. The Morgan fingerprint density at radius 2 is 1.79 bits per heavy atom. The van der Waals surface area contributed by atoms with Crippen LogP contribution in [0, 0.1) is 13.8 Å². The fourth-order valence-corrected chi connectivity index (χ4v) is 4.29. The zero-order valence-electron chi connectivity index (χ0n) is 19.2. The van der Waals surface area contributed by atoms with Crippen molar-refractivity contribution in [1.82, 2.24) is 5.32 Å². The van der Waals surface area contributed by atoms with Crippen LogP contribution in [0.3, 0.4) is 0 Å². The van der Waals surface area contributed by atoms with Gasteiger partial charge in [-0.15, -0.1) is 0 Å². The second kappa shape index (κ2) is 10.8. The Balaban J connectivity index is 1.52. The van der Waals surface area contributed by atoms with E-state index in [1.165, 1.54) is 11.8 Å². The third-order valence-corrected chi connectivity index (χ3v) is 6.27. The van der Waals surface area contributed by atoms with E-state index in [1.54, 1.807) is 0 Å². The van der Waals surface area contributed by atoms with Crippen molar-refractivity contribution < 1.29 is 14.3 Å². The normalized spacial score (nSPS) is 15.6. The van der Waals surface area contributed by atoms with Gasteiger partial charge in [0.25, 0.3) is 5.91 Å². The van der Waals surface area contributed by atoms with Gasteiger partial charge >= 0.3 is 0 Å². The van der Waals surface area contributed by atoms with Gasteiger partial charge in [-0.2, -0.15) is 0 Å². The van der Waals surface area contributed by atoms with Crippen molar-refractivity contribution in [3.63, 3.8) is 0 Å². The van der Waals surface area contributed by atoms with E-state index < -0.39 is 0 Å². The number of amides is 1. The van der Waals surface area contributed by atoms with Crippen LogP contribution in [0.1, 0.15) is 29.2 Å². The van der Waals surface area contributed by atoms with Crippen LogP contribution in [0.25, 0.3) is 6.08 Å². The molecule has 0 saturated carbocycles. The third kappa shape index (κ3) is 6.01. The highest BCUT2D eigenvalue weighted by molar-refractivity contribution is 8.18. The summed E-state index contributed by atoms with van der Waals surface area (Å²) in [5, 5.41) is 4.11. The van der Waals surface area contributed by atoms with Crippen molar-refractivity contribution in [2.75, 3.05) is 6.61 Å². The van der Waals surface area contributed by atoms with E-state index in [-0.39, 0.29) is 5.91 Å². The van der Waals surface area contributed by atoms with Gasteiger partial charge in [-0.3, -0.25) is 4.79 Å². The van der Waals surface area contributed by atoms with Crippen molar-refractivity contribution >= 4 is 46.2 Å². The molecule has 0 atom stereocenters. The Bertz CT molecular complexity index is 1270. The zero-order valence-corrected chi connectivity index (χ0v) is 20.8. The molecule has 0 spiro atoms. The van der Waals surface area contributed by atoms with Crippen LogP contribution in [0.4, 0.5) is 5.69 Å². The molecule has 3 aromatic carbocycles. The molecule has 0 unspecified atom stereocenters. The highest BCUT2D eigenvalue weighted by Crippen LogP contribution is 2.33. The summed E-state index contributed by atoms with van der Waals surface area (Å²) in [7, 11) is 0. The van der Waals surface area contributed by atoms with Gasteiger partial charge in [-0.25, -0.2) is 4.99 Å². The van der Waals surface area contributed by atoms with E-state index in [9.17, 15) is 4.79 Å². The van der Waals surface area contributed by atoms with Crippen molar-refractivity contribution in [3.8, 4) is 11.5 Å². The maximum Gasteiger partial charge on any atom is 0.264 e. The number of halogens is 1. The Kier molecular flexibility index (Phi) is 7.60. The second-order valence-electron chi connectivity index (χ2n) is 7.83. The molecule has 1 fully saturated rings. The fourth-order valence-electron chi connectivity index (χ4n) is 3.32. The minimum absolute atomic E-state index is 0.171. The van der Waals surface area contributed by atoms with Gasteiger partial charge in [-0.1, -0.05) is 41.9 Å². The molecule has 1 heterocycles. The van der Waals surface area contributed by atoms with Gasteiger partial charge < -0.3 is 14.8 Å². The van der Waals surface area contributed by atoms with E-state index in [4.69, 9.17) is 21.1 Å². The van der Waals surface area contributed by atoms with Crippen LogP contribution in [0.2, 0.25) is 5.02 Å². The standard InChI is InChI=1S/C27H25ClN2O3S/c1-4-32-24-14-20(9-12-23(24)33-16-19-7-10-21(28)11-8-19)15-25-26(31)30-27(34-25)29-22-13-17(2)5-6-18(22)3/h5-15H,4,16H2,1-3H3,(H,29,30,31)/b25-15-. The summed E-state index contributed by atoms with van der Waals surface area (Å²) in [5.74, 6) is 1.09. The molecule has 1 saturated heterocycles. The number of rotatable bonds is 7. The average Bonchev–Trinajstić information content (AvgIpc) is 3.15. The van der Waals surface area contributed by atoms with Gasteiger partial charge in [0.2, 0.25) is 0 Å². The van der Waals surface area contributed by atoms with Crippen molar-refractivity contribution in [3.05, 3.63) is 92.8 Å². The van der Waals surface area contributed by atoms with Crippen molar-refractivity contribution in [1.29, 1.82) is 0 Å². The summed E-state index contributed by atoms with van der Waals surface area (Å²) in [6.45, 7) is 6.84. The smallest absolute Gasteiger partial charge is 0.264 e. The first-order chi connectivity index (χ1) is 16.4. The number of aryl methyl sites for hydroxylation is 2. The Labute approximate surface area is 208 Å².